The summed E-state index contributed by atoms with van der Waals surface area (Å²) >= 11 is 1.49. The van der Waals surface area contributed by atoms with Gasteiger partial charge in [0.1, 0.15) is 5.75 Å². The number of amides is 1. The average Bonchev–Trinajstić information content (AvgIpc) is 3.15. The smallest absolute Gasteiger partial charge is 0.235 e. The maximum absolute atomic E-state index is 12.9. The molecule has 1 fully saturated rings. The normalized spacial score (nSPS) is 16.0. The van der Waals surface area contributed by atoms with Crippen molar-refractivity contribution in [3.8, 4) is 17.1 Å². The first kappa shape index (κ1) is 20.7. The molecule has 1 heterocycles. The Balaban J connectivity index is 1.72. The highest BCUT2D eigenvalue weighted by atomic mass is 32.2. The Morgan fingerprint density at radius 2 is 1.93 bits per heavy atom. The molecule has 1 saturated carbocycles. The molecule has 152 valence electrons. The van der Waals surface area contributed by atoms with E-state index in [0.717, 1.165) is 41.7 Å². The summed E-state index contributed by atoms with van der Waals surface area (Å²) in [6, 6.07) is 8.18. The topological polar surface area (TPSA) is 60.2 Å². The molecule has 7 heteroatoms. The van der Waals surface area contributed by atoms with E-state index in [1.54, 1.807) is 7.11 Å². The van der Waals surface area contributed by atoms with E-state index in [4.69, 9.17) is 4.74 Å². The highest BCUT2D eigenvalue weighted by Gasteiger charge is 2.27. The van der Waals surface area contributed by atoms with E-state index in [2.05, 4.69) is 21.7 Å². The molecule has 0 saturated heterocycles. The zero-order valence-corrected chi connectivity index (χ0v) is 18.0. The number of hydrogen-bond acceptors (Lipinski definition) is 5. The average molecular weight is 403 g/mol. The molecule has 1 aromatic heterocycles. The molecule has 2 aromatic rings. The van der Waals surface area contributed by atoms with Crippen LogP contribution in [0.3, 0.4) is 0 Å². The number of aromatic nitrogens is 3. The zero-order valence-electron chi connectivity index (χ0n) is 17.2. The van der Waals surface area contributed by atoms with Gasteiger partial charge in [-0.05, 0) is 51.0 Å². The van der Waals surface area contributed by atoms with E-state index < -0.39 is 0 Å². The maximum atomic E-state index is 12.9. The molecular formula is C21H30N4O2S. The van der Waals surface area contributed by atoms with Crippen molar-refractivity contribution in [2.75, 3.05) is 14.2 Å². The van der Waals surface area contributed by atoms with E-state index in [0.29, 0.717) is 6.04 Å². The van der Waals surface area contributed by atoms with Crippen molar-refractivity contribution in [3.05, 3.63) is 24.3 Å². The van der Waals surface area contributed by atoms with Gasteiger partial charge < -0.3 is 14.2 Å². The van der Waals surface area contributed by atoms with E-state index >= 15 is 0 Å². The third-order valence-corrected chi connectivity index (χ3v) is 6.55. The van der Waals surface area contributed by atoms with Crippen LogP contribution in [0.1, 0.15) is 46.0 Å². The van der Waals surface area contributed by atoms with Gasteiger partial charge in [-0.15, -0.1) is 10.2 Å². The molecule has 1 aromatic carbocycles. The van der Waals surface area contributed by atoms with Gasteiger partial charge in [0.2, 0.25) is 5.91 Å². The molecule has 1 aliphatic rings. The summed E-state index contributed by atoms with van der Waals surface area (Å²) in [5, 5.41) is 9.35. The second kappa shape index (κ2) is 9.45. The van der Waals surface area contributed by atoms with E-state index in [9.17, 15) is 4.79 Å². The first-order valence-corrected chi connectivity index (χ1v) is 10.9. The van der Waals surface area contributed by atoms with Crippen LogP contribution in [0.15, 0.2) is 29.4 Å². The predicted octanol–water partition coefficient (Wildman–Crippen LogP) is 4.25. The number of ether oxygens (including phenoxy) is 1. The van der Waals surface area contributed by atoms with E-state index in [-0.39, 0.29) is 11.2 Å². The fourth-order valence-corrected chi connectivity index (χ4v) is 4.77. The highest BCUT2D eigenvalue weighted by Crippen LogP contribution is 2.30. The fraction of sp³-hybridized carbons (Fsp3) is 0.571. The van der Waals surface area contributed by atoms with E-state index in [1.807, 2.05) is 43.1 Å². The Morgan fingerprint density at radius 3 is 2.54 bits per heavy atom. The fourth-order valence-electron chi connectivity index (χ4n) is 3.76. The van der Waals surface area contributed by atoms with Crippen molar-refractivity contribution in [2.45, 2.75) is 68.9 Å². The van der Waals surface area contributed by atoms with Crippen molar-refractivity contribution in [1.29, 1.82) is 0 Å². The van der Waals surface area contributed by atoms with Gasteiger partial charge >= 0.3 is 0 Å². The maximum Gasteiger partial charge on any atom is 0.235 e. The van der Waals surface area contributed by atoms with Gasteiger partial charge in [-0.2, -0.15) is 0 Å². The molecule has 1 atom stereocenters. The van der Waals surface area contributed by atoms with Crippen LogP contribution in [0.4, 0.5) is 0 Å². The minimum absolute atomic E-state index is 0.175. The van der Waals surface area contributed by atoms with Crippen LogP contribution in [0.5, 0.6) is 5.75 Å². The monoisotopic (exact) mass is 402 g/mol. The number of carbonyl (C=O) groups is 1. The summed E-state index contributed by atoms with van der Waals surface area (Å²) in [6.45, 7) is 4.78. The van der Waals surface area contributed by atoms with Gasteiger partial charge in [-0.25, -0.2) is 0 Å². The standard InChI is InChI=1S/C21H30N4O2S/c1-5-25-19(16-11-13-18(27-4)14-12-16)22-23-21(25)28-15(2)20(26)24(3)17-9-7-6-8-10-17/h11-15,17H,5-10H2,1-4H3. The lowest BCUT2D eigenvalue weighted by Crippen LogP contribution is -2.42. The van der Waals surface area contributed by atoms with Gasteiger partial charge in [-0.1, -0.05) is 31.0 Å². The number of hydrogen-bond donors (Lipinski definition) is 0. The van der Waals surface area contributed by atoms with E-state index in [1.165, 1.54) is 31.0 Å². The second-order valence-electron chi connectivity index (χ2n) is 7.28. The number of methoxy groups -OCH3 is 1. The van der Waals surface area contributed by atoms with Crippen LogP contribution in [0.2, 0.25) is 0 Å². The number of benzene rings is 1. The van der Waals surface area contributed by atoms with Gasteiger partial charge in [0.25, 0.3) is 0 Å². The quantitative estimate of drug-likeness (QED) is 0.648. The Labute approximate surface area is 171 Å². The lowest BCUT2D eigenvalue weighted by Gasteiger charge is -2.32. The molecule has 1 amide bonds. The van der Waals surface area contributed by atoms with Crippen molar-refractivity contribution < 1.29 is 9.53 Å². The molecule has 1 unspecified atom stereocenters. The third-order valence-electron chi connectivity index (χ3n) is 5.48. The molecule has 0 N–H and O–H groups in total. The predicted molar refractivity (Wildman–Crippen MR) is 113 cm³/mol. The van der Waals surface area contributed by atoms with Crippen LogP contribution < -0.4 is 4.74 Å². The number of nitrogens with zero attached hydrogens (tertiary/aromatic N) is 4. The minimum atomic E-state index is -0.190. The summed E-state index contributed by atoms with van der Waals surface area (Å²) in [7, 11) is 3.60. The number of rotatable bonds is 7. The van der Waals surface area contributed by atoms with Gasteiger partial charge in [0, 0.05) is 25.2 Å². The van der Waals surface area contributed by atoms with Crippen molar-refractivity contribution in [3.63, 3.8) is 0 Å². The molecule has 0 bridgehead atoms. The first-order valence-electron chi connectivity index (χ1n) is 10.1. The van der Waals surface area contributed by atoms with Crippen LogP contribution in [-0.4, -0.2) is 51.0 Å². The van der Waals surface area contributed by atoms with Crippen LogP contribution in [-0.2, 0) is 11.3 Å². The largest absolute Gasteiger partial charge is 0.497 e. The molecular weight excluding hydrogens is 372 g/mol. The first-order chi connectivity index (χ1) is 13.5. The second-order valence-corrected chi connectivity index (χ2v) is 8.59. The van der Waals surface area contributed by atoms with Crippen molar-refractivity contribution in [2.24, 2.45) is 0 Å². The van der Waals surface area contributed by atoms with Crippen LogP contribution in [0, 0.1) is 0 Å². The van der Waals surface area contributed by atoms with Gasteiger partial charge in [-0.3, -0.25) is 4.79 Å². The van der Waals surface area contributed by atoms with Crippen LogP contribution in [0.25, 0.3) is 11.4 Å². The summed E-state index contributed by atoms with van der Waals surface area (Å²) in [6.07, 6.45) is 5.97. The molecule has 3 rings (SSSR count). The number of thioether (sulfide) groups is 1. The molecule has 28 heavy (non-hydrogen) atoms. The Morgan fingerprint density at radius 1 is 1.25 bits per heavy atom. The van der Waals surface area contributed by atoms with Crippen molar-refractivity contribution in [1.82, 2.24) is 19.7 Å². The Kier molecular flexibility index (Phi) is 6.99. The minimum Gasteiger partial charge on any atom is -0.497 e. The molecule has 0 spiro atoms. The molecule has 0 radical (unpaired) electrons. The molecule has 1 aliphatic carbocycles. The summed E-state index contributed by atoms with van der Waals surface area (Å²) in [5.74, 6) is 1.80. The lowest BCUT2D eigenvalue weighted by atomic mass is 9.94. The SMILES string of the molecule is CCn1c(SC(C)C(=O)N(C)C2CCCCC2)nnc1-c1ccc(OC)cc1. The third kappa shape index (κ3) is 4.51. The lowest BCUT2D eigenvalue weighted by molar-refractivity contribution is -0.131. The van der Waals surface area contributed by atoms with Gasteiger partial charge in [0.15, 0.2) is 11.0 Å². The summed E-state index contributed by atoms with van der Waals surface area (Å²) < 4.78 is 7.30. The number of carbonyl (C=O) groups excluding carboxylic acids is 1. The van der Waals surface area contributed by atoms with Crippen LogP contribution >= 0.6 is 11.8 Å². The zero-order chi connectivity index (χ0) is 20.1. The van der Waals surface area contributed by atoms with Crippen molar-refractivity contribution >= 4 is 17.7 Å². The molecule has 6 nitrogen and oxygen atoms in total. The molecule has 0 aliphatic heterocycles. The summed E-state index contributed by atoms with van der Waals surface area (Å²) in [4.78, 5) is 14.9. The highest BCUT2D eigenvalue weighted by molar-refractivity contribution is 8.00. The Bertz CT molecular complexity index is 784. The Hall–Kier alpha value is -2.02. The summed E-state index contributed by atoms with van der Waals surface area (Å²) in [5.41, 5.74) is 0.986. The van der Waals surface area contributed by atoms with Gasteiger partial charge in [0.05, 0.1) is 12.4 Å².